The van der Waals surface area contributed by atoms with Crippen LogP contribution in [0.25, 0.3) is 0 Å². The lowest BCUT2D eigenvalue weighted by Crippen LogP contribution is -2.36. The number of amides is 2. The Hall–Kier alpha value is -2.41. The van der Waals surface area contributed by atoms with Gasteiger partial charge < -0.3 is 20.1 Å². The van der Waals surface area contributed by atoms with Gasteiger partial charge in [0.15, 0.2) is 5.82 Å². The Kier molecular flexibility index (Phi) is 4.17. The van der Waals surface area contributed by atoms with Crippen LogP contribution in [0.4, 0.5) is 4.79 Å². The zero-order valence-electron chi connectivity index (χ0n) is 14.5. The molecule has 0 unspecified atom stereocenters. The fraction of sp³-hybridized carbons (Fsp3) is 0.500. The lowest BCUT2D eigenvalue weighted by Gasteiger charge is -2.31. The van der Waals surface area contributed by atoms with E-state index in [0.29, 0.717) is 19.0 Å². The molecule has 0 atom stereocenters. The summed E-state index contributed by atoms with van der Waals surface area (Å²) in [6.07, 6.45) is 1.94. The first-order valence-electron chi connectivity index (χ1n) is 8.83. The van der Waals surface area contributed by atoms with E-state index >= 15 is 0 Å². The molecule has 4 rings (SSSR count). The number of carbonyl (C=O) groups is 1. The molecule has 1 aliphatic carbocycles. The van der Waals surface area contributed by atoms with Crippen LogP contribution in [0.1, 0.15) is 36.0 Å². The van der Waals surface area contributed by atoms with Crippen LogP contribution in [0.5, 0.6) is 0 Å². The minimum absolute atomic E-state index is 0.0686. The van der Waals surface area contributed by atoms with Gasteiger partial charge in [0.2, 0.25) is 0 Å². The average Bonchev–Trinajstić information content (AvgIpc) is 3.11. The van der Waals surface area contributed by atoms with E-state index in [1.165, 1.54) is 0 Å². The number of carbonyl (C=O) groups excluding carboxylic acids is 1. The quantitative estimate of drug-likeness (QED) is 0.893. The number of aromatic nitrogens is 3. The summed E-state index contributed by atoms with van der Waals surface area (Å²) in [5.41, 5.74) is 7.03. The Labute approximate surface area is 147 Å². The molecule has 7 nitrogen and oxygen atoms in total. The Bertz CT molecular complexity index is 752. The normalized spacial score (nSPS) is 23.2. The molecule has 25 heavy (non-hydrogen) atoms. The van der Waals surface area contributed by atoms with Crippen molar-refractivity contribution in [1.29, 1.82) is 0 Å². The zero-order chi connectivity index (χ0) is 17.4. The molecule has 1 aromatic carbocycles. The Morgan fingerprint density at radius 1 is 1.08 bits per heavy atom. The maximum atomic E-state index is 12.7. The molecule has 2 fully saturated rings. The van der Waals surface area contributed by atoms with Crippen molar-refractivity contribution in [2.75, 3.05) is 13.1 Å². The van der Waals surface area contributed by atoms with E-state index in [0.717, 1.165) is 43.1 Å². The number of nitrogens with two attached hydrogens (primary N) is 1. The van der Waals surface area contributed by atoms with Gasteiger partial charge in [-0.1, -0.05) is 30.3 Å². The van der Waals surface area contributed by atoms with Crippen molar-refractivity contribution in [3.63, 3.8) is 0 Å². The maximum Gasteiger partial charge on any atom is 0.320 e. The van der Waals surface area contributed by atoms with Gasteiger partial charge in [-0.3, -0.25) is 0 Å². The minimum Gasteiger partial charge on any atom is -0.328 e. The van der Waals surface area contributed by atoms with E-state index in [-0.39, 0.29) is 12.1 Å². The summed E-state index contributed by atoms with van der Waals surface area (Å²) in [4.78, 5) is 16.4. The molecular weight excluding hydrogens is 316 g/mol. The van der Waals surface area contributed by atoms with Crippen LogP contribution in [0.2, 0.25) is 0 Å². The summed E-state index contributed by atoms with van der Waals surface area (Å²) in [6.45, 7) is 2.63. The van der Waals surface area contributed by atoms with Gasteiger partial charge in [0.05, 0.1) is 6.54 Å². The molecular formula is C18H24N6O. The van der Waals surface area contributed by atoms with Crippen LogP contribution < -0.4 is 5.73 Å². The summed E-state index contributed by atoms with van der Waals surface area (Å²) in [5.74, 6) is 2.24. The number of nitrogens with zero attached hydrogens (tertiary/aromatic N) is 5. The SMILES string of the molecule is Cn1c(CN2CCN(Cc3ccccc3)C2=O)nnc1C1CC(N)C1. The van der Waals surface area contributed by atoms with Crippen molar-refractivity contribution in [2.24, 2.45) is 12.8 Å². The van der Waals surface area contributed by atoms with Crippen LogP contribution in [0, 0.1) is 0 Å². The van der Waals surface area contributed by atoms with E-state index in [2.05, 4.69) is 10.2 Å². The van der Waals surface area contributed by atoms with Crippen LogP contribution in [0.15, 0.2) is 30.3 Å². The van der Waals surface area contributed by atoms with Crippen molar-refractivity contribution in [3.05, 3.63) is 47.5 Å². The van der Waals surface area contributed by atoms with Gasteiger partial charge in [0.1, 0.15) is 5.82 Å². The monoisotopic (exact) mass is 340 g/mol. The first-order valence-corrected chi connectivity index (χ1v) is 8.83. The smallest absolute Gasteiger partial charge is 0.320 e. The molecule has 2 heterocycles. The van der Waals surface area contributed by atoms with Crippen LogP contribution in [0.3, 0.4) is 0 Å². The highest BCUT2D eigenvalue weighted by Crippen LogP contribution is 2.34. The predicted molar refractivity (Wildman–Crippen MR) is 93.6 cm³/mol. The molecule has 0 bridgehead atoms. The molecule has 132 valence electrons. The number of rotatable bonds is 5. The van der Waals surface area contributed by atoms with E-state index in [1.54, 1.807) is 0 Å². The summed E-state index contributed by atoms with van der Waals surface area (Å²) in [7, 11) is 1.98. The van der Waals surface area contributed by atoms with Crippen molar-refractivity contribution < 1.29 is 4.79 Å². The third-order valence-electron chi connectivity index (χ3n) is 5.27. The molecule has 1 saturated heterocycles. The van der Waals surface area contributed by atoms with E-state index in [1.807, 2.05) is 51.7 Å². The minimum atomic E-state index is 0.0686. The van der Waals surface area contributed by atoms with E-state index in [9.17, 15) is 4.79 Å². The fourth-order valence-electron chi connectivity index (χ4n) is 3.64. The largest absolute Gasteiger partial charge is 0.328 e. The molecule has 2 amide bonds. The first-order chi connectivity index (χ1) is 12.1. The van der Waals surface area contributed by atoms with Crippen LogP contribution >= 0.6 is 0 Å². The highest BCUT2D eigenvalue weighted by Gasteiger charge is 2.33. The van der Waals surface area contributed by atoms with Crippen LogP contribution in [-0.2, 0) is 20.1 Å². The number of benzene rings is 1. The Morgan fingerprint density at radius 3 is 2.44 bits per heavy atom. The second-order valence-electron chi connectivity index (χ2n) is 7.07. The Balaban J connectivity index is 1.39. The van der Waals surface area contributed by atoms with E-state index in [4.69, 9.17) is 5.73 Å². The van der Waals surface area contributed by atoms with Gasteiger partial charge in [-0.05, 0) is 18.4 Å². The van der Waals surface area contributed by atoms with Crippen LogP contribution in [-0.4, -0.2) is 49.7 Å². The van der Waals surface area contributed by atoms with Gasteiger partial charge in [0, 0.05) is 38.6 Å². The molecule has 1 aliphatic heterocycles. The van der Waals surface area contributed by atoms with Crippen molar-refractivity contribution in [3.8, 4) is 0 Å². The summed E-state index contributed by atoms with van der Waals surface area (Å²) < 4.78 is 2.03. The standard InChI is InChI=1S/C18H24N6O/c1-22-16(20-21-17(22)14-9-15(19)10-14)12-24-8-7-23(18(24)25)11-13-5-3-2-4-6-13/h2-6,14-15H,7-12,19H2,1H3. The predicted octanol–water partition coefficient (Wildman–Crippen LogP) is 1.46. The van der Waals surface area contributed by atoms with Gasteiger partial charge in [-0.2, -0.15) is 0 Å². The molecule has 0 radical (unpaired) electrons. The zero-order valence-corrected chi connectivity index (χ0v) is 14.5. The maximum absolute atomic E-state index is 12.7. The third kappa shape index (κ3) is 3.11. The average molecular weight is 340 g/mol. The summed E-state index contributed by atoms with van der Waals surface area (Å²) in [5, 5.41) is 8.64. The number of hydrogen-bond donors (Lipinski definition) is 1. The lowest BCUT2D eigenvalue weighted by molar-refractivity contribution is 0.187. The lowest BCUT2D eigenvalue weighted by atomic mass is 9.80. The van der Waals surface area contributed by atoms with Gasteiger partial charge in [0.25, 0.3) is 0 Å². The fourth-order valence-corrected chi connectivity index (χ4v) is 3.64. The topological polar surface area (TPSA) is 80.3 Å². The van der Waals surface area contributed by atoms with Crippen molar-refractivity contribution in [1.82, 2.24) is 24.6 Å². The number of hydrogen-bond acceptors (Lipinski definition) is 4. The van der Waals surface area contributed by atoms with Crippen molar-refractivity contribution >= 4 is 6.03 Å². The highest BCUT2D eigenvalue weighted by molar-refractivity contribution is 5.76. The van der Waals surface area contributed by atoms with Gasteiger partial charge in [-0.25, -0.2) is 4.79 Å². The second kappa shape index (κ2) is 6.48. The molecule has 0 spiro atoms. The highest BCUT2D eigenvalue weighted by atomic mass is 16.2. The van der Waals surface area contributed by atoms with E-state index < -0.39 is 0 Å². The number of urea groups is 1. The van der Waals surface area contributed by atoms with Crippen molar-refractivity contribution in [2.45, 2.75) is 37.9 Å². The molecule has 2 aliphatic rings. The van der Waals surface area contributed by atoms with Gasteiger partial charge in [-0.15, -0.1) is 10.2 Å². The summed E-state index contributed by atoms with van der Waals surface area (Å²) in [6, 6.07) is 10.4. The van der Waals surface area contributed by atoms with Gasteiger partial charge >= 0.3 is 6.03 Å². The second-order valence-corrected chi connectivity index (χ2v) is 7.07. The molecule has 1 aromatic heterocycles. The molecule has 7 heteroatoms. The third-order valence-corrected chi connectivity index (χ3v) is 5.27. The molecule has 2 N–H and O–H groups in total. The Morgan fingerprint density at radius 2 is 1.76 bits per heavy atom. The first kappa shape index (κ1) is 16.1. The summed E-state index contributed by atoms with van der Waals surface area (Å²) >= 11 is 0. The molecule has 1 saturated carbocycles. The molecule has 2 aromatic rings.